The molecule has 1 fully saturated rings. The first-order chi connectivity index (χ1) is 10.2. The molecule has 1 aromatic rings. The van der Waals surface area contributed by atoms with Crippen molar-refractivity contribution in [2.24, 2.45) is 0 Å². The van der Waals surface area contributed by atoms with Gasteiger partial charge in [0.15, 0.2) is 0 Å². The van der Waals surface area contributed by atoms with Crippen LogP contribution in [0, 0.1) is 5.82 Å². The Morgan fingerprint density at radius 1 is 1.50 bits per heavy atom. The van der Waals surface area contributed by atoms with Crippen LogP contribution in [0.3, 0.4) is 0 Å². The van der Waals surface area contributed by atoms with Crippen molar-refractivity contribution in [1.82, 2.24) is 5.32 Å². The van der Waals surface area contributed by atoms with Crippen molar-refractivity contribution in [3.8, 4) is 0 Å². The molecule has 1 saturated heterocycles. The number of hydrogen-bond donors (Lipinski definition) is 2. The van der Waals surface area contributed by atoms with E-state index in [9.17, 15) is 14.3 Å². The summed E-state index contributed by atoms with van der Waals surface area (Å²) in [5.74, 6) is -0.480. The van der Waals surface area contributed by atoms with Gasteiger partial charge in [-0.25, -0.2) is 4.39 Å². The normalized spacial score (nSPS) is 19.1. The van der Waals surface area contributed by atoms with E-state index in [0.29, 0.717) is 12.0 Å². The molecule has 1 aliphatic rings. The van der Waals surface area contributed by atoms with Gasteiger partial charge in [-0.05, 0) is 57.9 Å². The molecule has 1 aromatic carbocycles. The molecule has 2 atom stereocenters. The van der Waals surface area contributed by atoms with Crippen LogP contribution >= 0.6 is 11.6 Å². The molecule has 0 radical (unpaired) electrons. The first-order valence-electron chi connectivity index (χ1n) is 7.22. The van der Waals surface area contributed by atoms with Gasteiger partial charge in [0.2, 0.25) is 0 Å². The van der Waals surface area contributed by atoms with Crippen LogP contribution < -0.4 is 5.32 Å². The van der Waals surface area contributed by atoms with Gasteiger partial charge < -0.3 is 15.2 Å². The number of hydrogen-bond acceptors (Lipinski definition) is 4. The van der Waals surface area contributed by atoms with E-state index in [4.69, 9.17) is 11.6 Å². The third kappa shape index (κ3) is 6.30. The van der Waals surface area contributed by atoms with Crippen molar-refractivity contribution in [2.45, 2.75) is 51.4 Å². The Balaban J connectivity index is 0.000000295. The number of aliphatic hydroxyl groups is 1. The highest BCUT2D eigenvalue weighted by molar-refractivity contribution is 6.30. The highest BCUT2D eigenvalue weighted by Crippen LogP contribution is 2.25. The van der Waals surface area contributed by atoms with Crippen molar-refractivity contribution >= 4 is 18.1 Å². The van der Waals surface area contributed by atoms with E-state index in [0.717, 1.165) is 19.4 Å². The lowest BCUT2D eigenvalue weighted by atomic mass is 10.0. The first kappa shape index (κ1) is 18.9. The zero-order valence-electron chi connectivity index (χ0n) is 13.1. The topological polar surface area (TPSA) is 58.6 Å². The van der Waals surface area contributed by atoms with Crippen molar-refractivity contribution in [3.05, 3.63) is 34.6 Å². The third-order valence-corrected chi connectivity index (χ3v) is 3.47. The van der Waals surface area contributed by atoms with Gasteiger partial charge in [0.05, 0.1) is 11.1 Å². The van der Waals surface area contributed by atoms with E-state index in [1.165, 1.54) is 12.1 Å². The number of carbonyl (C=O) groups is 1. The second kappa shape index (κ2) is 8.46. The monoisotopic (exact) mass is 331 g/mol. The molecule has 0 amide bonds. The number of nitrogens with one attached hydrogen (secondary N) is 1. The molecule has 0 bridgehead atoms. The maximum Gasteiger partial charge on any atom is 0.293 e. The molecular formula is C16H23ClFNO3. The van der Waals surface area contributed by atoms with E-state index < -0.39 is 11.9 Å². The number of halogens is 2. The van der Waals surface area contributed by atoms with Gasteiger partial charge >= 0.3 is 0 Å². The average Bonchev–Trinajstić information content (AvgIpc) is 2.94. The van der Waals surface area contributed by atoms with E-state index in [1.54, 1.807) is 6.07 Å². The Kier molecular flexibility index (Phi) is 7.26. The lowest BCUT2D eigenvalue weighted by molar-refractivity contribution is -0.138. The van der Waals surface area contributed by atoms with Crippen LogP contribution in [-0.2, 0) is 9.53 Å². The predicted molar refractivity (Wildman–Crippen MR) is 84.3 cm³/mol. The summed E-state index contributed by atoms with van der Waals surface area (Å²) in [6, 6.07) is 4.47. The SMILES string of the molecule is CC(C)(C)OC=O.O[C@H](c1ccc(Cl)c(F)c1)C1CCCN1. The van der Waals surface area contributed by atoms with Crippen molar-refractivity contribution < 1.29 is 19.0 Å². The molecule has 22 heavy (non-hydrogen) atoms. The average molecular weight is 332 g/mol. The van der Waals surface area contributed by atoms with Crippen molar-refractivity contribution in [1.29, 1.82) is 0 Å². The minimum atomic E-state index is -0.653. The second-order valence-electron chi connectivity index (χ2n) is 6.15. The fraction of sp³-hybridized carbons (Fsp3) is 0.562. The molecule has 1 aliphatic heterocycles. The lowest BCUT2D eigenvalue weighted by Crippen LogP contribution is -2.28. The van der Waals surface area contributed by atoms with Crippen molar-refractivity contribution in [3.63, 3.8) is 0 Å². The van der Waals surface area contributed by atoms with Crippen LogP contribution in [0.25, 0.3) is 0 Å². The van der Waals surface area contributed by atoms with Gasteiger partial charge in [0.25, 0.3) is 6.47 Å². The summed E-state index contributed by atoms with van der Waals surface area (Å²) in [5, 5.41) is 13.2. The van der Waals surface area contributed by atoms with Gasteiger partial charge in [-0.1, -0.05) is 17.7 Å². The zero-order valence-corrected chi connectivity index (χ0v) is 13.9. The van der Waals surface area contributed by atoms with Gasteiger partial charge in [-0.3, -0.25) is 4.79 Å². The highest BCUT2D eigenvalue weighted by atomic mass is 35.5. The summed E-state index contributed by atoms with van der Waals surface area (Å²) in [6.07, 6.45) is 1.32. The Morgan fingerprint density at radius 2 is 2.18 bits per heavy atom. The van der Waals surface area contributed by atoms with Crippen LogP contribution in [0.2, 0.25) is 5.02 Å². The maximum absolute atomic E-state index is 13.2. The van der Waals surface area contributed by atoms with Crippen LogP contribution in [0.15, 0.2) is 18.2 Å². The Hall–Kier alpha value is -1.17. The Morgan fingerprint density at radius 3 is 2.59 bits per heavy atom. The number of benzene rings is 1. The molecule has 0 aromatic heterocycles. The molecule has 124 valence electrons. The first-order valence-corrected chi connectivity index (χ1v) is 7.60. The molecular weight excluding hydrogens is 309 g/mol. The number of rotatable bonds is 3. The summed E-state index contributed by atoms with van der Waals surface area (Å²) < 4.78 is 17.7. The number of carbonyl (C=O) groups excluding carboxylic acids is 1. The Labute approximate surface area is 135 Å². The van der Waals surface area contributed by atoms with Gasteiger partial charge in [-0.15, -0.1) is 0 Å². The van der Waals surface area contributed by atoms with Crippen LogP contribution in [0.1, 0.15) is 45.3 Å². The standard InChI is InChI=1S/C11H13ClFNO.C5H10O2/c12-8-4-3-7(6-9(8)13)11(15)10-2-1-5-14-10;1-5(2,3)7-4-6/h3-4,6,10-11,14-15H,1-2,5H2;4H,1-3H3/t10?,11-;/m1./s1. The van der Waals surface area contributed by atoms with E-state index in [1.807, 2.05) is 20.8 Å². The fourth-order valence-electron chi connectivity index (χ4n) is 2.05. The molecule has 1 unspecified atom stereocenters. The van der Waals surface area contributed by atoms with Crippen LogP contribution in [-0.4, -0.2) is 29.8 Å². The molecule has 4 nitrogen and oxygen atoms in total. The number of ether oxygens (including phenoxy) is 1. The molecule has 2 N–H and O–H groups in total. The zero-order chi connectivity index (χ0) is 16.8. The van der Waals surface area contributed by atoms with Crippen LogP contribution in [0.4, 0.5) is 4.39 Å². The maximum atomic E-state index is 13.2. The summed E-state index contributed by atoms with van der Waals surface area (Å²) in [5.41, 5.74) is 0.262. The van der Waals surface area contributed by atoms with E-state index in [-0.39, 0.29) is 16.7 Å². The predicted octanol–water partition coefficient (Wildman–Crippen LogP) is 3.22. The van der Waals surface area contributed by atoms with E-state index in [2.05, 4.69) is 10.1 Å². The molecule has 0 spiro atoms. The minimum absolute atomic E-state index is 0.0329. The molecule has 1 heterocycles. The summed E-state index contributed by atoms with van der Waals surface area (Å²) in [6.45, 7) is 6.84. The van der Waals surface area contributed by atoms with Gasteiger partial charge in [0.1, 0.15) is 11.4 Å². The molecule has 0 saturated carbocycles. The quantitative estimate of drug-likeness (QED) is 0.835. The van der Waals surface area contributed by atoms with Gasteiger partial charge in [0, 0.05) is 6.04 Å². The van der Waals surface area contributed by atoms with Crippen LogP contribution in [0.5, 0.6) is 0 Å². The summed E-state index contributed by atoms with van der Waals surface area (Å²) in [7, 11) is 0. The molecule has 6 heteroatoms. The number of aliphatic hydroxyl groups excluding tert-OH is 1. The smallest absolute Gasteiger partial charge is 0.293 e. The fourth-order valence-corrected chi connectivity index (χ4v) is 2.17. The van der Waals surface area contributed by atoms with Gasteiger partial charge in [-0.2, -0.15) is 0 Å². The molecule has 0 aliphatic carbocycles. The minimum Gasteiger partial charge on any atom is -0.462 e. The lowest BCUT2D eigenvalue weighted by Gasteiger charge is -2.18. The Bertz CT molecular complexity index is 485. The summed E-state index contributed by atoms with van der Waals surface area (Å²) >= 11 is 5.57. The van der Waals surface area contributed by atoms with Crippen molar-refractivity contribution in [2.75, 3.05) is 6.54 Å². The summed E-state index contributed by atoms with van der Waals surface area (Å²) in [4.78, 5) is 9.60. The molecule has 2 rings (SSSR count). The van der Waals surface area contributed by atoms with E-state index >= 15 is 0 Å². The third-order valence-electron chi connectivity index (χ3n) is 3.17. The largest absolute Gasteiger partial charge is 0.462 e. The highest BCUT2D eigenvalue weighted by Gasteiger charge is 2.24. The second-order valence-corrected chi connectivity index (χ2v) is 6.55.